The number of rotatable bonds is 5. The highest BCUT2D eigenvalue weighted by molar-refractivity contribution is 5.76. The Morgan fingerprint density at radius 2 is 2.10 bits per heavy atom. The average molecular weight is 290 g/mol. The van der Waals surface area contributed by atoms with Gasteiger partial charge in [0.2, 0.25) is 0 Å². The van der Waals surface area contributed by atoms with Gasteiger partial charge in [0.1, 0.15) is 6.61 Å². The summed E-state index contributed by atoms with van der Waals surface area (Å²) in [5.41, 5.74) is 7.00. The molecule has 110 valence electrons. The average Bonchev–Trinajstić information content (AvgIpc) is 2.64. The quantitative estimate of drug-likeness (QED) is 0.676. The third kappa shape index (κ3) is 3.53. The number of ether oxygens (including phenoxy) is 1. The molecule has 0 fully saturated rings. The number of hydrogen-bond acceptors (Lipinski definition) is 4. The highest BCUT2D eigenvalue weighted by atomic mass is 19.4. The Hall–Kier alpha value is -1.96. The van der Waals surface area contributed by atoms with Gasteiger partial charge in [0.05, 0.1) is 5.52 Å². The number of hydrogen-bond donors (Lipinski definition) is 1. The standard InChI is InChI=1S/C12H13F3N2O3/c13-12(14,15)7-19-5-1-4-17-9-6-8(16)2-3-10(9)20-11(17)18/h2-3,6H,1,4-5,7,16H2. The summed E-state index contributed by atoms with van der Waals surface area (Å²) in [4.78, 5) is 11.6. The molecule has 0 radical (unpaired) electrons. The molecule has 0 saturated carbocycles. The minimum absolute atomic E-state index is 0.0963. The topological polar surface area (TPSA) is 70.4 Å². The predicted octanol–water partition coefficient (Wildman–Crippen LogP) is 2.15. The maximum atomic E-state index is 11.9. The summed E-state index contributed by atoms with van der Waals surface area (Å²) in [6, 6.07) is 4.75. The first-order valence-electron chi connectivity index (χ1n) is 5.90. The van der Waals surface area contributed by atoms with Crippen molar-refractivity contribution in [3.8, 4) is 0 Å². The Labute approximate surface area is 111 Å². The molecule has 0 amide bonds. The van der Waals surface area contributed by atoms with Crippen molar-refractivity contribution in [3.05, 3.63) is 28.7 Å². The van der Waals surface area contributed by atoms with E-state index in [4.69, 9.17) is 10.2 Å². The van der Waals surface area contributed by atoms with Crippen LogP contribution < -0.4 is 11.5 Å². The maximum absolute atomic E-state index is 11.9. The smallest absolute Gasteiger partial charge is 0.408 e. The molecule has 1 aromatic carbocycles. The first-order valence-corrected chi connectivity index (χ1v) is 5.90. The van der Waals surface area contributed by atoms with E-state index in [0.717, 1.165) is 0 Å². The normalized spacial score (nSPS) is 12.2. The second-order valence-electron chi connectivity index (χ2n) is 4.27. The molecule has 0 saturated heterocycles. The summed E-state index contributed by atoms with van der Waals surface area (Å²) in [6.07, 6.45) is -4.08. The van der Waals surface area contributed by atoms with Crippen LogP contribution in [0.4, 0.5) is 18.9 Å². The molecule has 1 aromatic heterocycles. The fraction of sp³-hybridized carbons (Fsp3) is 0.417. The minimum atomic E-state index is -4.34. The van der Waals surface area contributed by atoms with Crippen LogP contribution in [0.15, 0.2) is 27.4 Å². The number of fused-ring (bicyclic) bond motifs is 1. The van der Waals surface area contributed by atoms with Gasteiger partial charge in [-0.15, -0.1) is 0 Å². The van der Waals surface area contributed by atoms with Crippen molar-refractivity contribution in [2.75, 3.05) is 18.9 Å². The van der Waals surface area contributed by atoms with Gasteiger partial charge in [0.15, 0.2) is 5.58 Å². The monoisotopic (exact) mass is 290 g/mol. The van der Waals surface area contributed by atoms with Crippen LogP contribution >= 0.6 is 0 Å². The number of aromatic nitrogens is 1. The molecule has 2 rings (SSSR count). The van der Waals surface area contributed by atoms with Crippen molar-refractivity contribution in [2.24, 2.45) is 0 Å². The Morgan fingerprint density at radius 1 is 1.35 bits per heavy atom. The van der Waals surface area contributed by atoms with Gasteiger partial charge >= 0.3 is 11.9 Å². The molecule has 20 heavy (non-hydrogen) atoms. The van der Waals surface area contributed by atoms with E-state index in [1.807, 2.05) is 0 Å². The van der Waals surface area contributed by atoms with Crippen LogP contribution in [0, 0.1) is 0 Å². The summed E-state index contributed by atoms with van der Waals surface area (Å²) in [6.45, 7) is -1.19. The number of benzene rings is 1. The lowest BCUT2D eigenvalue weighted by Crippen LogP contribution is -2.19. The van der Waals surface area contributed by atoms with E-state index in [1.165, 1.54) is 4.57 Å². The van der Waals surface area contributed by atoms with Crippen LogP contribution in [0.2, 0.25) is 0 Å². The zero-order valence-electron chi connectivity index (χ0n) is 10.4. The molecule has 0 unspecified atom stereocenters. The second kappa shape index (κ2) is 5.58. The number of oxazole rings is 1. The van der Waals surface area contributed by atoms with Crippen LogP contribution in [-0.2, 0) is 11.3 Å². The maximum Gasteiger partial charge on any atom is 0.419 e. The molecule has 0 aliphatic heterocycles. The van der Waals surface area contributed by atoms with Crippen LogP contribution in [0.25, 0.3) is 11.1 Å². The van der Waals surface area contributed by atoms with Crippen LogP contribution in [0.1, 0.15) is 6.42 Å². The van der Waals surface area contributed by atoms with Gasteiger partial charge in [-0.2, -0.15) is 13.2 Å². The molecule has 0 bridgehead atoms. The molecule has 0 aliphatic rings. The lowest BCUT2D eigenvalue weighted by atomic mass is 10.3. The summed E-state index contributed by atoms with van der Waals surface area (Å²) < 4.78 is 46.4. The molecule has 5 nitrogen and oxygen atoms in total. The summed E-state index contributed by atoms with van der Waals surface area (Å²) in [5.74, 6) is -0.568. The summed E-state index contributed by atoms with van der Waals surface area (Å²) in [7, 11) is 0. The van der Waals surface area contributed by atoms with Gasteiger partial charge in [0, 0.05) is 18.8 Å². The minimum Gasteiger partial charge on any atom is -0.408 e. The molecule has 8 heteroatoms. The number of nitrogen functional groups attached to an aromatic ring is 1. The fourth-order valence-corrected chi connectivity index (χ4v) is 1.80. The molecular formula is C12H13F3N2O3. The lowest BCUT2D eigenvalue weighted by molar-refractivity contribution is -0.174. The number of aryl methyl sites for hydroxylation is 1. The highest BCUT2D eigenvalue weighted by Gasteiger charge is 2.27. The van der Waals surface area contributed by atoms with E-state index in [-0.39, 0.29) is 19.6 Å². The third-order valence-electron chi connectivity index (χ3n) is 2.63. The SMILES string of the molecule is Nc1ccc2oc(=O)n(CCCOCC(F)(F)F)c2c1. The Bertz CT molecular complexity index is 645. The van der Waals surface area contributed by atoms with Crippen molar-refractivity contribution in [1.82, 2.24) is 4.57 Å². The molecule has 0 atom stereocenters. The van der Waals surface area contributed by atoms with E-state index in [2.05, 4.69) is 4.74 Å². The van der Waals surface area contributed by atoms with Crippen molar-refractivity contribution in [1.29, 1.82) is 0 Å². The number of halogens is 3. The number of nitrogens with two attached hydrogens (primary N) is 1. The van der Waals surface area contributed by atoms with E-state index < -0.39 is 18.5 Å². The van der Waals surface area contributed by atoms with Crippen molar-refractivity contribution >= 4 is 16.8 Å². The zero-order valence-corrected chi connectivity index (χ0v) is 10.4. The van der Waals surface area contributed by atoms with Crippen molar-refractivity contribution in [3.63, 3.8) is 0 Å². The van der Waals surface area contributed by atoms with Crippen molar-refractivity contribution in [2.45, 2.75) is 19.1 Å². The Balaban J connectivity index is 1.98. The van der Waals surface area contributed by atoms with E-state index >= 15 is 0 Å². The zero-order chi connectivity index (χ0) is 14.8. The molecule has 2 N–H and O–H groups in total. The highest BCUT2D eigenvalue weighted by Crippen LogP contribution is 2.17. The van der Waals surface area contributed by atoms with Gasteiger partial charge in [-0.1, -0.05) is 0 Å². The predicted molar refractivity (Wildman–Crippen MR) is 66.4 cm³/mol. The van der Waals surface area contributed by atoms with Gasteiger partial charge in [-0.25, -0.2) is 4.79 Å². The summed E-state index contributed by atoms with van der Waals surface area (Å²) >= 11 is 0. The van der Waals surface area contributed by atoms with E-state index in [9.17, 15) is 18.0 Å². The molecule has 1 heterocycles. The Kier molecular flexibility index (Phi) is 4.03. The lowest BCUT2D eigenvalue weighted by Gasteiger charge is -2.07. The number of nitrogens with zero attached hydrogens (tertiary/aromatic N) is 1. The number of anilines is 1. The molecular weight excluding hydrogens is 277 g/mol. The fourth-order valence-electron chi connectivity index (χ4n) is 1.80. The van der Waals surface area contributed by atoms with Gasteiger partial charge in [-0.3, -0.25) is 4.57 Å². The van der Waals surface area contributed by atoms with Gasteiger partial charge in [-0.05, 0) is 24.6 Å². The van der Waals surface area contributed by atoms with E-state index in [1.54, 1.807) is 18.2 Å². The van der Waals surface area contributed by atoms with E-state index in [0.29, 0.717) is 16.8 Å². The Morgan fingerprint density at radius 3 is 2.80 bits per heavy atom. The van der Waals surface area contributed by atoms with Crippen LogP contribution in [0.5, 0.6) is 0 Å². The van der Waals surface area contributed by atoms with Gasteiger partial charge in [0.25, 0.3) is 0 Å². The third-order valence-corrected chi connectivity index (χ3v) is 2.63. The second-order valence-corrected chi connectivity index (χ2v) is 4.27. The van der Waals surface area contributed by atoms with Gasteiger partial charge < -0.3 is 14.9 Å². The largest absolute Gasteiger partial charge is 0.419 e. The van der Waals surface area contributed by atoms with Crippen molar-refractivity contribution < 1.29 is 22.3 Å². The molecule has 0 aliphatic carbocycles. The first-order chi connectivity index (χ1) is 9.37. The first kappa shape index (κ1) is 14.4. The van der Waals surface area contributed by atoms with Crippen LogP contribution in [0.3, 0.4) is 0 Å². The molecule has 2 aromatic rings. The number of alkyl halides is 3. The molecule has 0 spiro atoms. The van der Waals surface area contributed by atoms with Crippen LogP contribution in [-0.4, -0.2) is 24.0 Å². The summed E-state index contributed by atoms with van der Waals surface area (Å²) in [5, 5.41) is 0.